The molecule has 0 aliphatic carbocycles. The summed E-state index contributed by atoms with van der Waals surface area (Å²) in [5.41, 5.74) is 1.14. The van der Waals surface area contributed by atoms with Crippen LogP contribution < -0.4 is 0 Å². The lowest BCUT2D eigenvalue weighted by Gasteiger charge is -2.32. The summed E-state index contributed by atoms with van der Waals surface area (Å²) >= 11 is 9.00. The number of halogens is 1. The van der Waals surface area contributed by atoms with Crippen molar-refractivity contribution in [1.82, 2.24) is 4.31 Å². The quantitative estimate of drug-likeness (QED) is 0.769. The van der Waals surface area contributed by atoms with Crippen LogP contribution in [-0.2, 0) is 22.3 Å². The fraction of sp³-hybridized carbons (Fsp3) is 0.429. The minimum Gasteiger partial charge on any atom is -0.207 e. The molecule has 0 saturated carbocycles. The van der Waals surface area contributed by atoms with E-state index >= 15 is 0 Å². The van der Waals surface area contributed by atoms with E-state index in [-0.39, 0.29) is 6.04 Å². The first-order valence-electron chi connectivity index (χ1n) is 6.68. The number of aryl methyl sites for hydroxylation is 1. The van der Waals surface area contributed by atoms with Crippen LogP contribution in [0, 0.1) is 6.92 Å². The van der Waals surface area contributed by atoms with E-state index in [0.717, 1.165) is 21.7 Å². The Morgan fingerprint density at radius 2 is 2.24 bits per heavy atom. The van der Waals surface area contributed by atoms with Gasteiger partial charge in [0.05, 0.1) is 10.8 Å². The molecule has 0 spiro atoms. The van der Waals surface area contributed by atoms with E-state index in [1.165, 1.54) is 16.2 Å². The number of nitrogens with zero attached hydrogens (tertiary/aromatic N) is 1. The van der Waals surface area contributed by atoms with Gasteiger partial charge in [0, 0.05) is 27.2 Å². The molecule has 0 amide bonds. The molecule has 3 rings (SSSR count). The highest BCUT2D eigenvalue weighted by Gasteiger charge is 2.35. The predicted molar refractivity (Wildman–Crippen MR) is 88.9 cm³/mol. The molecule has 0 aromatic carbocycles. The van der Waals surface area contributed by atoms with Crippen LogP contribution in [0.1, 0.15) is 33.2 Å². The molecule has 2 aromatic rings. The van der Waals surface area contributed by atoms with Crippen molar-refractivity contribution < 1.29 is 8.42 Å². The fourth-order valence-corrected chi connectivity index (χ4v) is 7.06. The summed E-state index contributed by atoms with van der Waals surface area (Å²) in [6.45, 7) is 4.35. The number of hydrogen-bond donors (Lipinski definition) is 0. The van der Waals surface area contributed by atoms with E-state index in [2.05, 4.69) is 0 Å². The molecule has 21 heavy (non-hydrogen) atoms. The molecule has 0 radical (unpaired) electrons. The normalized spacial score (nSPS) is 19.7. The Balaban J connectivity index is 2.01. The Labute approximate surface area is 138 Å². The molecule has 1 aliphatic rings. The minimum absolute atomic E-state index is 0.108. The second-order valence-electron chi connectivity index (χ2n) is 5.11. The van der Waals surface area contributed by atoms with Crippen LogP contribution in [0.15, 0.2) is 22.4 Å². The Bertz CT molecular complexity index is 763. The van der Waals surface area contributed by atoms with Gasteiger partial charge in [0.25, 0.3) is 0 Å². The zero-order valence-electron chi connectivity index (χ0n) is 11.8. The van der Waals surface area contributed by atoms with Crippen molar-refractivity contribution in [2.75, 3.05) is 6.54 Å². The Kier molecular flexibility index (Phi) is 4.18. The molecular weight excluding hydrogens is 346 g/mol. The third-order valence-electron chi connectivity index (χ3n) is 3.86. The first-order chi connectivity index (χ1) is 9.95. The molecule has 1 aliphatic heterocycles. The van der Waals surface area contributed by atoms with E-state index in [1.54, 1.807) is 21.7 Å². The van der Waals surface area contributed by atoms with Gasteiger partial charge in [-0.2, -0.15) is 4.31 Å². The van der Waals surface area contributed by atoms with Gasteiger partial charge in [-0.15, -0.1) is 34.3 Å². The molecule has 3 nitrogen and oxygen atoms in total. The largest absolute Gasteiger partial charge is 0.244 e. The molecule has 0 saturated heterocycles. The van der Waals surface area contributed by atoms with Crippen LogP contribution in [-0.4, -0.2) is 19.3 Å². The molecule has 2 aromatic heterocycles. The summed E-state index contributed by atoms with van der Waals surface area (Å²) < 4.78 is 27.6. The highest BCUT2D eigenvalue weighted by molar-refractivity contribution is 7.89. The Morgan fingerprint density at radius 1 is 1.48 bits per heavy atom. The first kappa shape index (κ1) is 15.5. The standard InChI is InChI=1S/C14H16ClNO2S3/c1-9-12-4-6-19-13(12)3-5-16(9)21(17,18)14-7-11(8-15)20-10(14)2/h4,6-7,9H,3,5,8H2,1-2H3. The van der Waals surface area contributed by atoms with Gasteiger partial charge >= 0.3 is 0 Å². The maximum atomic E-state index is 13.0. The van der Waals surface area contributed by atoms with Crippen LogP contribution >= 0.6 is 34.3 Å². The SMILES string of the molecule is Cc1sc(CCl)cc1S(=O)(=O)N1CCc2sccc2C1C. The number of rotatable bonds is 3. The molecule has 1 atom stereocenters. The van der Waals surface area contributed by atoms with Gasteiger partial charge in [-0.25, -0.2) is 8.42 Å². The molecule has 114 valence electrons. The number of hydrogen-bond acceptors (Lipinski definition) is 4. The van der Waals surface area contributed by atoms with Crippen LogP contribution in [0.3, 0.4) is 0 Å². The van der Waals surface area contributed by atoms with Gasteiger partial charge in [0.2, 0.25) is 10.0 Å². The summed E-state index contributed by atoms with van der Waals surface area (Å²) in [5.74, 6) is 0.352. The maximum absolute atomic E-state index is 13.0. The lowest BCUT2D eigenvalue weighted by molar-refractivity contribution is 0.329. The van der Waals surface area contributed by atoms with Crippen molar-refractivity contribution in [3.63, 3.8) is 0 Å². The lowest BCUT2D eigenvalue weighted by atomic mass is 10.0. The highest BCUT2D eigenvalue weighted by atomic mass is 35.5. The number of sulfonamides is 1. The monoisotopic (exact) mass is 361 g/mol. The number of fused-ring (bicyclic) bond motifs is 1. The van der Waals surface area contributed by atoms with Crippen LogP contribution in [0.2, 0.25) is 0 Å². The minimum atomic E-state index is -3.46. The molecule has 1 unspecified atom stereocenters. The number of thiophene rings is 2. The van der Waals surface area contributed by atoms with Crippen LogP contribution in [0.4, 0.5) is 0 Å². The summed E-state index contributed by atoms with van der Waals surface area (Å²) in [7, 11) is -3.46. The number of alkyl halides is 1. The predicted octanol–water partition coefficient (Wildman–Crippen LogP) is 4.16. The second kappa shape index (κ2) is 5.66. The molecule has 0 N–H and O–H groups in total. The Hall–Kier alpha value is -0.400. The van der Waals surface area contributed by atoms with E-state index in [1.807, 2.05) is 25.3 Å². The highest BCUT2D eigenvalue weighted by Crippen LogP contribution is 2.38. The zero-order chi connectivity index (χ0) is 15.2. The van der Waals surface area contributed by atoms with Crippen molar-refractivity contribution in [3.8, 4) is 0 Å². The van der Waals surface area contributed by atoms with Gasteiger partial charge in [-0.3, -0.25) is 0 Å². The van der Waals surface area contributed by atoms with Gasteiger partial charge in [-0.05, 0) is 43.3 Å². The third kappa shape index (κ3) is 2.57. The summed E-state index contributed by atoms with van der Waals surface area (Å²) in [4.78, 5) is 3.42. The maximum Gasteiger partial charge on any atom is 0.244 e. The van der Waals surface area contributed by atoms with Crippen molar-refractivity contribution in [3.05, 3.63) is 37.7 Å². The molecule has 0 fully saturated rings. The first-order valence-corrected chi connectivity index (χ1v) is 10.4. The smallest absolute Gasteiger partial charge is 0.207 e. The van der Waals surface area contributed by atoms with Gasteiger partial charge in [0.15, 0.2) is 0 Å². The van der Waals surface area contributed by atoms with Gasteiger partial charge in [-0.1, -0.05) is 0 Å². The van der Waals surface area contributed by atoms with E-state index in [0.29, 0.717) is 17.3 Å². The molecule has 7 heteroatoms. The van der Waals surface area contributed by atoms with Crippen molar-refractivity contribution in [2.24, 2.45) is 0 Å². The molecular formula is C14H16ClNO2S3. The summed E-state index contributed by atoms with van der Waals surface area (Å²) in [6, 6.07) is 3.65. The summed E-state index contributed by atoms with van der Waals surface area (Å²) in [5, 5.41) is 2.04. The fourth-order valence-electron chi connectivity index (χ4n) is 2.79. The van der Waals surface area contributed by atoms with E-state index in [9.17, 15) is 8.42 Å². The molecule has 3 heterocycles. The zero-order valence-corrected chi connectivity index (χ0v) is 15.0. The summed E-state index contributed by atoms with van der Waals surface area (Å²) in [6.07, 6.45) is 0.794. The van der Waals surface area contributed by atoms with E-state index in [4.69, 9.17) is 11.6 Å². The average Bonchev–Trinajstić information content (AvgIpc) is 3.05. The topological polar surface area (TPSA) is 37.4 Å². The van der Waals surface area contributed by atoms with Crippen molar-refractivity contribution in [2.45, 2.75) is 37.1 Å². The third-order valence-corrected chi connectivity index (χ3v) is 8.58. The van der Waals surface area contributed by atoms with Gasteiger partial charge in [0.1, 0.15) is 0 Å². The Morgan fingerprint density at radius 3 is 2.90 bits per heavy atom. The van der Waals surface area contributed by atoms with Crippen molar-refractivity contribution >= 4 is 44.3 Å². The second-order valence-corrected chi connectivity index (χ2v) is 9.58. The van der Waals surface area contributed by atoms with Crippen molar-refractivity contribution in [1.29, 1.82) is 0 Å². The lowest BCUT2D eigenvalue weighted by Crippen LogP contribution is -2.38. The van der Waals surface area contributed by atoms with Crippen LogP contribution in [0.25, 0.3) is 0 Å². The molecule has 0 bridgehead atoms. The van der Waals surface area contributed by atoms with Crippen LogP contribution in [0.5, 0.6) is 0 Å². The van der Waals surface area contributed by atoms with Gasteiger partial charge < -0.3 is 0 Å². The van der Waals surface area contributed by atoms with E-state index < -0.39 is 10.0 Å². The average molecular weight is 362 g/mol.